The van der Waals surface area contributed by atoms with Gasteiger partial charge in [0.25, 0.3) is 0 Å². The molecule has 2 aliphatic rings. The molecule has 0 radical (unpaired) electrons. The molecule has 13 heteroatoms. The lowest BCUT2D eigenvalue weighted by molar-refractivity contribution is 0.145. The number of urea groups is 2. The van der Waals surface area contributed by atoms with Crippen LogP contribution < -0.4 is 20.7 Å². The third-order valence-electron chi connectivity index (χ3n) is 7.11. The van der Waals surface area contributed by atoms with Gasteiger partial charge >= 0.3 is 12.1 Å². The number of benzene rings is 1. The van der Waals surface area contributed by atoms with E-state index in [0.29, 0.717) is 36.6 Å². The van der Waals surface area contributed by atoms with Gasteiger partial charge < -0.3 is 34.9 Å². The number of hydrogen-bond acceptors (Lipinski definition) is 7. The van der Waals surface area contributed by atoms with Crippen LogP contribution >= 0.6 is 11.3 Å². The average Bonchev–Trinajstić information content (AvgIpc) is 3.88. The van der Waals surface area contributed by atoms with Crippen LogP contribution in [0.15, 0.2) is 42.7 Å². The Balaban J connectivity index is 1.19. The minimum atomic E-state index is -0.599. The quantitative estimate of drug-likeness (QED) is 0.219. The summed E-state index contributed by atoms with van der Waals surface area (Å²) in [5.74, 6) is 0.613. The summed E-state index contributed by atoms with van der Waals surface area (Å²) >= 11 is 1.44. The van der Waals surface area contributed by atoms with E-state index in [1.165, 1.54) is 23.5 Å². The largest absolute Gasteiger partial charge is 0.453 e. The Kier molecular flexibility index (Phi) is 7.94. The van der Waals surface area contributed by atoms with Crippen molar-refractivity contribution in [2.24, 2.45) is 7.05 Å². The zero-order valence-corrected chi connectivity index (χ0v) is 24.2. The Bertz CT molecular complexity index is 1610. The molecule has 3 heterocycles. The first-order chi connectivity index (χ1) is 20.4. The van der Waals surface area contributed by atoms with Gasteiger partial charge in [0.15, 0.2) is 11.6 Å². The van der Waals surface area contributed by atoms with Gasteiger partial charge in [-0.1, -0.05) is 0 Å². The molecule has 42 heavy (non-hydrogen) atoms. The van der Waals surface area contributed by atoms with Gasteiger partial charge in [-0.2, -0.15) is 0 Å². The summed E-state index contributed by atoms with van der Waals surface area (Å²) in [5.41, 5.74) is 1.90. The van der Waals surface area contributed by atoms with E-state index in [4.69, 9.17) is 9.47 Å². The van der Waals surface area contributed by atoms with Crippen LogP contribution in [0.25, 0.3) is 20.9 Å². The predicted octanol–water partition coefficient (Wildman–Crippen LogP) is 5.23. The van der Waals surface area contributed by atoms with Gasteiger partial charge in [0, 0.05) is 56.8 Å². The Morgan fingerprint density at radius 1 is 1.10 bits per heavy atom. The number of anilines is 1. The monoisotopic (exact) mass is 593 g/mol. The first kappa shape index (κ1) is 27.9. The Morgan fingerprint density at radius 3 is 2.62 bits per heavy atom. The maximum atomic E-state index is 14.9. The first-order valence-electron chi connectivity index (χ1n) is 13.9. The van der Waals surface area contributed by atoms with Gasteiger partial charge in [0.2, 0.25) is 0 Å². The molecule has 4 aromatic rings. The molecule has 0 atom stereocenters. The SMILES string of the molecule is COCCN(Cc1cnc(-c2cc3nccc(Oc4ccc(NC(=O)NC5CC5)cc4F)c3s2)n1C)C(=O)NC1CC1. The van der Waals surface area contributed by atoms with Gasteiger partial charge in [-0.3, -0.25) is 4.98 Å². The van der Waals surface area contributed by atoms with Crippen molar-refractivity contribution in [3.05, 3.63) is 54.2 Å². The highest BCUT2D eigenvalue weighted by Gasteiger charge is 2.27. The van der Waals surface area contributed by atoms with Crippen molar-refractivity contribution in [1.82, 2.24) is 30.1 Å². The number of hydrogen-bond donors (Lipinski definition) is 3. The van der Waals surface area contributed by atoms with Gasteiger partial charge in [-0.15, -0.1) is 11.3 Å². The van der Waals surface area contributed by atoms with Crippen LogP contribution in [0.5, 0.6) is 11.5 Å². The van der Waals surface area contributed by atoms with Gasteiger partial charge in [0.1, 0.15) is 11.6 Å². The molecule has 2 aliphatic carbocycles. The van der Waals surface area contributed by atoms with E-state index in [1.54, 1.807) is 36.5 Å². The van der Waals surface area contributed by atoms with E-state index in [9.17, 15) is 14.0 Å². The second-order valence-electron chi connectivity index (χ2n) is 10.5. The van der Waals surface area contributed by atoms with E-state index in [-0.39, 0.29) is 29.9 Å². The minimum absolute atomic E-state index is 0.0329. The number of fused-ring (bicyclic) bond motifs is 1. The van der Waals surface area contributed by atoms with E-state index in [0.717, 1.165) is 46.8 Å². The number of nitrogens with one attached hydrogen (secondary N) is 3. The number of thiophene rings is 1. The standard InChI is InChI=1S/C29H32FN7O4S/c1-36-20(16-37(11-12-40-2)29(39)35-18-5-6-18)15-32-27(36)25-14-22-26(42-25)24(9-10-31-22)41-23-8-7-19(13-21(23)30)34-28(38)33-17-3-4-17/h7-10,13-15,17-18H,3-6,11-12,16H2,1-2H3,(H,35,39)(H2,33,34,38). The molecule has 6 rings (SSSR count). The summed E-state index contributed by atoms with van der Waals surface area (Å²) in [7, 11) is 3.53. The van der Waals surface area contributed by atoms with E-state index < -0.39 is 5.82 Å². The lowest BCUT2D eigenvalue weighted by Gasteiger charge is -2.23. The molecule has 0 saturated heterocycles. The Hall–Kier alpha value is -4.23. The fourth-order valence-corrected chi connectivity index (χ4v) is 5.53. The topological polar surface area (TPSA) is 123 Å². The van der Waals surface area contributed by atoms with Crippen molar-refractivity contribution >= 4 is 39.3 Å². The Morgan fingerprint density at radius 2 is 1.88 bits per heavy atom. The zero-order valence-electron chi connectivity index (χ0n) is 23.4. The van der Waals surface area contributed by atoms with Gasteiger partial charge in [0.05, 0.1) is 40.1 Å². The third kappa shape index (κ3) is 6.47. The van der Waals surface area contributed by atoms with Crippen molar-refractivity contribution in [2.75, 3.05) is 25.6 Å². The van der Waals surface area contributed by atoms with Crippen molar-refractivity contribution in [1.29, 1.82) is 0 Å². The van der Waals surface area contributed by atoms with Crippen molar-refractivity contribution in [3.63, 3.8) is 0 Å². The van der Waals surface area contributed by atoms with Crippen LogP contribution in [0.1, 0.15) is 31.4 Å². The van der Waals surface area contributed by atoms with Crippen molar-refractivity contribution in [2.45, 2.75) is 44.3 Å². The summed E-state index contributed by atoms with van der Waals surface area (Å²) < 4.78 is 28.8. The molecule has 0 aliphatic heterocycles. The molecule has 11 nitrogen and oxygen atoms in total. The second kappa shape index (κ2) is 11.9. The first-order valence-corrected chi connectivity index (χ1v) is 14.7. The van der Waals surface area contributed by atoms with Crippen LogP contribution in [0.2, 0.25) is 0 Å². The molecule has 2 fully saturated rings. The molecular formula is C29H32FN7O4S. The fourth-order valence-electron chi connectivity index (χ4n) is 4.43. The normalized spacial score (nSPS) is 14.5. The fraction of sp³-hybridized carbons (Fsp3) is 0.379. The lowest BCUT2D eigenvalue weighted by atomic mass is 10.3. The average molecular weight is 594 g/mol. The summed E-state index contributed by atoms with van der Waals surface area (Å²) in [5, 5.41) is 8.50. The minimum Gasteiger partial charge on any atom is -0.453 e. The number of methoxy groups -OCH3 is 1. The third-order valence-corrected chi connectivity index (χ3v) is 8.25. The van der Waals surface area contributed by atoms with E-state index >= 15 is 0 Å². The van der Waals surface area contributed by atoms with Gasteiger partial charge in [-0.05, 0) is 43.9 Å². The number of imidazole rings is 1. The smallest absolute Gasteiger partial charge is 0.319 e. The summed E-state index contributed by atoms with van der Waals surface area (Å²) in [6.07, 6.45) is 7.34. The highest BCUT2D eigenvalue weighted by atomic mass is 32.1. The Labute approximate surface area is 246 Å². The molecular weight excluding hydrogens is 561 g/mol. The number of rotatable bonds is 11. The zero-order chi connectivity index (χ0) is 29.2. The number of carbonyl (C=O) groups is 2. The maximum Gasteiger partial charge on any atom is 0.319 e. The number of amides is 4. The molecule has 2 saturated carbocycles. The number of carbonyl (C=O) groups excluding carboxylic acids is 2. The molecule has 3 N–H and O–H groups in total. The number of aromatic nitrogens is 3. The maximum absolute atomic E-state index is 14.9. The summed E-state index contributed by atoms with van der Waals surface area (Å²) in [6.45, 7) is 1.28. The van der Waals surface area contributed by atoms with Gasteiger partial charge in [-0.25, -0.2) is 19.0 Å². The van der Waals surface area contributed by atoms with Crippen molar-refractivity contribution < 1.29 is 23.5 Å². The van der Waals surface area contributed by atoms with Crippen LogP contribution in [0.3, 0.4) is 0 Å². The highest BCUT2D eigenvalue weighted by molar-refractivity contribution is 7.22. The summed E-state index contributed by atoms with van der Waals surface area (Å²) in [6, 6.07) is 7.92. The van der Waals surface area contributed by atoms with E-state index in [2.05, 4.69) is 25.9 Å². The molecule has 1 aromatic carbocycles. The van der Waals surface area contributed by atoms with Crippen LogP contribution in [-0.4, -0.2) is 63.8 Å². The molecule has 0 bridgehead atoms. The van der Waals surface area contributed by atoms with Crippen LogP contribution in [-0.2, 0) is 18.3 Å². The van der Waals surface area contributed by atoms with Crippen molar-refractivity contribution in [3.8, 4) is 22.2 Å². The molecule has 0 spiro atoms. The lowest BCUT2D eigenvalue weighted by Crippen LogP contribution is -2.42. The second-order valence-corrected chi connectivity index (χ2v) is 11.6. The summed E-state index contributed by atoms with van der Waals surface area (Å²) in [4.78, 5) is 36.5. The number of pyridine rings is 1. The molecule has 220 valence electrons. The molecule has 3 aromatic heterocycles. The molecule has 4 amide bonds. The number of ether oxygens (including phenoxy) is 2. The highest BCUT2D eigenvalue weighted by Crippen LogP contribution is 2.39. The van der Waals surface area contributed by atoms with Crippen LogP contribution in [0, 0.1) is 5.82 Å². The van der Waals surface area contributed by atoms with E-state index in [1.807, 2.05) is 17.7 Å². The predicted molar refractivity (Wildman–Crippen MR) is 157 cm³/mol. The molecule has 0 unspecified atom stereocenters. The number of nitrogens with zero attached hydrogens (tertiary/aromatic N) is 4. The number of halogens is 1. The van der Waals surface area contributed by atoms with Crippen LogP contribution in [0.4, 0.5) is 19.7 Å².